The number of carbonyl (C=O) groups is 1. The summed E-state index contributed by atoms with van der Waals surface area (Å²) < 4.78 is 18.5. The molecule has 0 saturated carbocycles. The molecule has 0 radical (unpaired) electrons. The molecular formula is C18H20FNO2. The van der Waals surface area contributed by atoms with Crippen LogP contribution in [-0.4, -0.2) is 25.0 Å². The zero-order valence-electron chi connectivity index (χ0n) is 13.1. The van der Waals surface area contributed by atoms with Crippen molar-refractivity contribution in [1.82, 2.24) is 4.90 Å². The second-order valence-electron chi connectivity index (χ2n) is 5.18. The highest BCUT2D eigenvalue weighted by atomic mass is 19.1. The van der Waals surface area contributed by atoms with Gasteiger partial charge in [0.2, 0.25) is 0 Å². The molecule has 0 aliphatic rings. The summed E-state index contributed by atoms with van der Waals surface area (Å²) in [6.45, 7) is 2.56. The molecule has 0 aliphatic heterocycles. The molecule has 0 bridgehead atoms. The van der Waals surface area contributed by atoms with Gasteiger partial charge in [0, 0.05) is 13.6 Å². The van der Waals surface area contributed by atoms with Crippen LogP contribution in [0.15, 0.2) is 42.5 Å². The van der Waals surface area contributed by atoms with Crippen molar-refractivity contribution >= 4 is 5.91 Å². The fourth-order valence-corrected chi connectivity index (χ4v) is 2.28. The average Bonchev–Trinajstić information content (AvgIpc) is 2.54. The predicted molar refractivity (Wildman–Crippen MR) is 84.6 cm³/mol. The van der Waals surface area contributed by atoms with E-state index >= 15 is 0 Å². The molecule has 1 amide bonds. The van der Waals surface area contributed by atoms with Crippen LogP contribution in [0.4, 0.5) is 4.39 Å². The van der Waals surface area contributed by atoms with E-state index in [-0.39, 0.29) is 11.5 Å². The summed E-state index contributed by atoms with van der Waals surface area (Å²) in [4.78, 5) is 14.0. The van der Waals surface area contributed by atoms with Crippen LogP contribution < -0.4 is 4.74 Å². The number of halogens is 1. The zero-order valence-corrected chi connectivity index (χ0v) is 13.1. The molecule has 116 valence electrons. The van der Waals surface area contributed by atoms with E-state index in [4.69, 9.17) is 4.74 Å². The maximum Gasteiger partial charge on any atom is 0.257 e. The van der Waals surface area contributed by atoms with Crippen LogP contribution in [-0.2, 0) is 13.0 Å². The number of aryl methyl sites for hydroxylation is 1. The zero-order chi connectivity index (χ0) is 16.1. The lowest BCUT2D eigenvalue weighted by molar-refractivity contribution is 0.0781. The SMILES string of the molecule is CCc1ccc(CN(C)C(=O)c2cc(F)ccc2OC)cc1. The van der Waals surface area contributed by atoms with Crippen molar-refractivity contribution in [3.8, 4) is 5.75 Å². The van der Waals surface area contributed by atoms with Gasteiger partial charge in [0.1, 0.15) is 11.6 Å². The first-order valence-corrected chi connectivity index (χ1v) is 7.22. The molecular weight excluding hydrogens is 281 g/mol. The van der Waals surface area contributed by atoms with Gasteiger partial charge in [-0.25, -0.2) is 4.39 Å². The topological polar surface area (TPSA) is 29.5 Å². The number of benzene rings is 2. The number of carbonyl (C=O) groups excluding carboxylic acids is 1. The number of rotatable bonds is 5. The summed E-state index contributed by atoms with van der Waals surface area (Å²) in [6.07, 6.45) is 0.982. The normalized spacial score (nSPS) is 10.4. The standard InChI is InChI=1S/C18H20FNO2/c1-4-13-5-7-14(8-6-13)12-20(2)18(21)16-11-15(19)9-10-17(16)22-3/h5-11H,4,12H2,1-3H3. The molecule has 0 spiro atoms. The molecule has 4 heteroatoms. The Morgan fingerprint density at radius 3 is 2.36 bits per heavy atom. The van der Waals surface area contributed by atoms with Crippen molar-refractivity contribution < 1.29 is 13.9 Å². The number of hydrogen-bond donors (Lipinski definition) is 0. The van der Waals surface area contributed by atoms with Crippen LogP contribution in [0.5, 0.6) is 5.75 Å². The van der Waals surface area contributed by atoms with Crippen LogP contribution in [0.2, 0.25) is 0 Å². The van der Waals surface area contributed by atoms with Crippen molar-refractivity contribution in [3.63, 3.8) is 0 Å². The van der Waals surface area contributed by atoms with Crippen molar-refractivity contribution in [2.45, 2.75) is 19.9 Å². The van der Waals surface area contributed by atoms with Gasteiger partial charge in [0.15, 0.2) is 0 Å². The van der Waals surface area contributed by atoms with E-state index in [9.17, 15) is 9.18 Å². The van der Waals surface area contributed by atoms with Gasteiger partial charge in [-0.1, -0.05) is 31.2 Å². The first-order chi connectivity index (χ1) is 10.5. The van der Waals surface area contributed by atoms with Gasteiger partial charge in [0.25, 0.3) is 5.91 Å². The Bertz CT molecular complexity index is 653. The maximum atomic E-state index is 13.4. The highest BCUT2D eigenvalue weighted by molar-refractivity contribution is 5.96. The third-order valence-electron chi connectivity index (χ3n) is 3.59. The van der Waals surface area contributed by atoms with E-state index < -0.39 is 5.82 Å². The molecule has 0 aromatic heterocycles. The van der Waals surface area contributed by atoms with E-state index in [0.29, 0.717) is 12.3 Å². The summed E-state index contributed by atoms with van der Waals surface area (Å²) in [5, 5.41) is 0. The average molecular weight is 301 g/mol. The molecule has 0 fully saturated rings. The molecule has 0 atom stereocenters. The molecule has 0 heterocycles. The number of hydrogen-bond acceptors (Lipinski definition) is 2. The Morgan fingerprint density at radius 1 is 1.14 bits per heavy atom. The molecule has 0 unspecified atom stereocenters. The summed E-state index contributed by atoms with van der Waals surface area (Å²) in [5.41, 5.74) is 2.52. The summed E-state index contributed by atoms with van der Waals surface area (Å²) >= 11 is 0. The Balaban J connectivity index is 2.16. The van der Waals surface area contributed by atoms with Gasteiger partial charge in [-0.05, 0) is 35.7 Å². The van der Waals surface area contributed by atoms with Gasteiger partial charge in [-0.2, -0.15) is 0 Å². The second kappa shape index (κ2) is 7.07. The number of methoxy groups -OCH3 is 1. The Labute approximate surface area is 130 Å². The van der Waals surface area contributed by atoms with E-state index in [2.05, 4.69) is 19.1 Å². The molecule has 0 aliphatic carbocycles. The third kappa shape index (κ3) is 3.64. The molecule has 2 aromatic carbocycles. The lowest BCUT2D eigenvalue weighted by atomic mass is 10.1. The van der Waals surface area contributed by atoms with Crippen LogP contribution in [0, 0.1) is 5.82 Å². The Kier molecular flexibility index (Phi) is 5.15. The molecule has 3 nitrogen and oxygen atoms in total. The monoisotopic (exact) mass is 301 g/mol. The molecule has 2 aromatic rings. The van der Waals surface area contributed by atoms with Crippen molar-refractivity contribution in [1.29, 1.82) is 0 Å². The van der Waals surface area contributed by atoms with Crippen LogP contribution in [0.1, 0.15) is 28.4 Å². The van der Waals surface area contributed by atoms with Gasteiger partial charge in [0.05, 0.1) is 12.7 Å². The van der Waals surface area contributed by atoms with Crippen molar-refractivity contribution in [3.05, 3.63) is 65.0 Å². The van der Waals surface area contributed by atoms with E-state index in [1.807, 2.05) is 12.1 Å². The number of nitrogens with zero attached hydrogens (tertiary/aromatic N) is 1. The minimum absolute atomic E-state index is 0.232. The minimum Gasteiger partial charge on any atom is -0.496 e. The summed E-state index contributed by atoms with van der Waals surface area (Å²) in [5.74, 6) is -0.347. The highest BCUT2D eigenvalue weighted by Crippen LogP contribution is 2.21. The van der Waals surface area contributed by atoms with Gasteiger partial charge in [-0.3, -0.25) is 4.79 Å². The molecule has 0 saturated heterocycles. The Hall–Kier alpha value is -2.36. The number of amides is 1. The molecule has 22 heavy (non-hydrogen) atoms. The minimum atomic E-state index is -0.454. The quantitative estimate of drug-likeness (QED) is 0.843. The molecule has 2 rings (SSSR count). The van der Waals surface area contributed by atoms with Crippen LogP contribution >= 0.6 is 0 Å². The van der Waals surface area contributed by atoms with Crippen LogP contribution in [0.25, 0.3) is 0 Å². The first kappa shape index (κ1) is 16.0. The lowest BCUT2D eigenvalue weighted by Crippen LogP contribution is -2.26. The summed E-state index contributed by atoms with van der Waals surface area (Å²) in [6, 6.07) is 12.1. The second-order valence-corrected chi connectivity index (χ2v) is 5.18. The predicted octanol–water partition coefficient (Wildman–Crippen LogP) is 3.67. The maximum absolute atomic E-state index is 13.4. The number of ether oxygens (including phenoxy) is 1. The lowest BCUT2D eigenvalue weighted by Gasteiger charge is -2.19. The van der Waals surface area contributed by atoms with Crippen molar-refractivity contribution in [2.75, 3.05) is 14.2 Å². The van der Waals surface area contributed by atoms with Gasteiger partial charge < -0.3 is 9.64 Å². The first-order valence-electron chi connectivity index (χ1n) is 7.22. The Morgan fingerprint density at radius 2 is 1.77 bits per heavy atom. The van der Waals surface area contributed by atoms with Gasteiger partial charge >= 0.3 is 0 Å². The fraction of sp³-hybridized carbons (Fsp3) is 0.278. The summed E-state index contributed by atoms with van der Waals surface area (Å²) in [7, 11) is 3.16. The van der Waals surface area contributed by atoms with E-state index in [0.717, 1.165) is 12.0 Å². The van der Waals surface area contributed by atoms with Crippen molar-refractivity contribution in [2.24, 2.45) is 0 Å². The van der Waals surface area contributed by atoms with Crippen LogP contribution in [0.3, 0.4) is 0 Å². The smallest absolute Gasteiger partial charge is 0.257 e. The fourth-order valence-electron chi connectivity index (χ4n) is 2.28. The van der Waals surface area contributed by atoms with E-state index in [1.54, 1.807) is 11.9 Å². The highest BCUT2D eigenvalue weighted by Gasteiger charge is 2.17. The van der Waals surface area contributed by atoms with Gasteiger partial charge in [-0.15, -0.1) is 0 Å². The molecule has 0 N–H and O–H groups in total. The largest absolute Gasteiger partial charge is 0.496 e. The third-order valence-corrected chi connectivity index (χ3v) is 3.59. The van der Waals surface area contributed by atoms with E-state index in [1.165, 1.54) is 30.9 Å².